The molecule has 0 unspecified atom stereocenters. The third-order valence-corrected chi connectivity index (χ3v) is 5.37. The van der Waals surface area contributed by atoms with Gasteiger partial charge >= 0.3 is 0 Å². The van der Waals surface area contributed by atoms with Crippen molar-refractivity contribution >= 4 is 28.5 Å². The molecule has 0 aliphatic rings. The van der Waals surface area contributed by atoms with Gasteiger partial charge in [-0.15, -0.1) is 0 Å². The number of fused-ring (bicyclic) bond motifs is 1. The summed E-state index contributed by atoms with van der Waals surface area (Å²) >= 11 is 6.13. The molecular weight excluding hydrogens is 382 g/mol. The van der Waals surface area contributed by atoms with Crippen LogP contribution in [-0.4, -0.2) is 26.9 Å². The minimum absolute atomic E-state index is 0.00208. The Balaban J connectivity index is 1.93. The highest BCUT2D eigenvalue weighted by Gasteiger charge is 2.20. The maximum absolute atomic E-state index is 13.3. The maximum Gasteiger partial charge on any atom is 0.254 e. The van der Waals surface area contributed by atoms with E-state index in [0.29, 0.717) is 29.6 Å². The lowest BCUT2D eigenvalue weighted by Gasteiger charge is -2.24. The quantitative estimate of drug-likeness (QED) is 0.421. The molecule has 3 aromatic rings. The van der Waals surface area contributed by atoms with Crippen LogP contribution in [0.2, 0.25) is 5.02 Å². The van der Waals surface area contributed by atoms with E-state index in [1.54, 1.807) is 12.1 Å². The molecule has 5 heteroatoms. The summed E-state index contributed by atoms with van der Waals surface area (Å²) in [4.78, 5) is 20.1. The third-order valence-electron chi connectivity index (χ3n) is 5.14. The zero-order chi connectivity index (χ0) is 20.8. The van der Waals surface area contributed by atoms with Crippen LogP contribution in [0.5, 0.6) is 0 Å². The van der Waals surface area contributed by atoms with Gasteiger partial charge in [0.25, 0.3) is 5.91 Å². The van der Waals surface area contributed by atoms with Crippen molar-refractivity contribution < 1.29 is 4.79 Å². The lowest BCUT2D eigenvalue weighted by molar-refractivity contribution is 0.0729. The van der Waals surface area contributed by atoms with Gasteiger partial charge in [-0.1, -0.05) is 57.0 Å². The lowest BCUT2D eigenvalue weighted by Crippen LogP contribution is -2.33. The van der Waals surface area contributed by atoms with E-state index in [9.17, 15) is 4.79 Å². The first-order valence-electron chi connectivity index (χ1n) is 10.5. The first kappa shape index (κ1) is 21.4. The van der Waals surface area contributed by atoms with Gasteiger partial charge in [0.1, 0.15) is 5.82 Å². The number of unbranched alkanes of at least 4 members (excludes halogenated alkanes) is 1. The average molecular weight is 412 g/mol. The standard InChI is InChI=1S/C24H30ClN3O/c1-4-5-14-28-22-12-7-6-11-21(22)26-23(28)17-27(15-13-18(2)3)24(29)19-9-8-10-20(25)16-19/h6-12,16,18H,4-5,13-15,17H2,1-3H3. The highest BCUT2D eigenvalue weighted by molar-refractivity contribution is 6.30. The summed E-state index contributed by atoms with van der Waals surface area (Å²) < 4.78 is 2.27. The second kappa shape index (κ2) is 9.93. The van der Waals surface area contributed by atoms with Crippen molar-refractivity contribution in [2.75, 3.05) is 6.54 Å². The summed E-state index contributed by atoms with van der Waals surface area (Å²) in [7, 11) is 0. The van der Waals surface area contributed by atoms with E-state index in [2.05, 4.69) is 31.4 Å². The number of hydrogen-bond donors (Lipinski definition) is 0. The van der Waals surface area contributed by atoms with Crippen molar-refractivity contribution in [1.29, 1.82) is 0 Å². The van der Waals surface area contributed by atoms with Gasteiger partial charge in [-0.25, -0.2) is 4.98 Å². The number of rotatable bonds is 9. The largest absolute Gasteiger partial charge is 0.331 e. The van der Waals surface area contributed by atoms with Gasteiger partial charge in [0, 0.05) is 23.7 Å². The Morgan fingerprint density at radius 3 is 2.69 bits per heavy atom. The summed E-state index contributed by atoms with van der Waals surface area (Å²) in [5.74, 6) is 1.46. The molecule has 0 saturated heterocycles. The predicted molar refractivity (Wildman–Crippen MR) is 120 cm³/mol. The second-order valence-corrected chi connectivity index (χ2v) is 8.38. The summed E-state index contributed by atoms with van der Waals surface area (Å²) in [5.41, 5.74) is 2.74. The zero-order valence-corrected chi connectivity index (χ0v) is 18.3. The number of aromatic nitrogens is 2. The number of aryl methyl sites for hydroxylation is 1. The van der Waals surface area contributed by atoms with Gasteiger partial charge in [0.05, 0.1) is 17.6 Å². The van der Waals surface area contributed by atoms with Crippen LogP contribution in [0.15, 0.2) is 48.5 Å². The van der Waals surface area contributed by atoms with Crippen LogP contribution in [0.3, 0.4) is 0 Å². The van der Waals surface area contributed by atoms with Crippen molar-refractivity contribution in [2.45, 2.75) is 53.1 Å². The number of halogens is 1. The Labute approximate surface area is 178 Å². The van der Waals surface area contributed by atoms with Crippen LogP contribution in [0.25, 0.3) is 11.0 Å². The van der Waals surface area contributed by atoms with Crippen LogP contribution >= 0.6 is 11.6 Å². The first-order chi connectivity index (χ1) is 14.0. The molecule has 0 saturated carbocycles. The second-order valence-electron chi connectivity index (χ2n) is 7.94. The maximum atomic E-state index is 13.3. The van der Waals surface area contributed by atoms with E-state index >= 15 is 0 Å². The number of benzene rings is 2. The molecule has 154 valence electrons. The predicted octanol–water partition coefficient (Wildman–Crippen LogP) is 6.18. The van der Waals surface area contributed by atoms with Gasteiger partial charge in [-0.05, 0) is 49.1 Å². The Morgan fingerprint density at radius 1 is 1.17 bits per heavy atom. The van der Waals surface area contributed by atoms with E-state index < -0.39 is 0 Å². The Kier molecular flexibility index (Phi) is 7.32. The van der Waals surface area contributed by atoms with Gasteiger partial charge in [-0.3, -0.25) is 4.79 Å². The van der Waals surface area contributed by atoms with Crippen LogP contribution in [0, 0.1) is 5.92 Å². The summed E-state index contributed by atoms with van der Waals surface area (Å²) in [6.45, 7) is 8.65. The minimum Gasteiger partial charge on any atom is -0.331 e. The fraction of sp³-hybridized carbons (Fsp3) is 0.417. The summed E-state index contributed by atoms with van der Waals surface area (Å²) in [6.07, 6.45) is 3.15. The zero-order valence-electron chi connectivity index (χ0n) is 17.6. The van der Waals surface area contributed by atoms with Gasteiger partial charge < -0.3 is 9.47 Å². The molecule has 0 radical (unpaired) electrons. The molecular formula is C24H30ClN3O. The third kappa shape index (κ3) is 5.39. The van der Waals surface area contributed by atoms with E-state index in [0.717, 1.165) is 42.7 Å². The minimum atomic E-state index is 0.00208. The average Bonchev–Trinajstić information content (AvgIpc) is 3.05. The molecule has 1 heterocycles. The van der Waals surface area contributed by atoms with Crippen molar-refractivity contribution in [3.05, 3.63) is 64.9 Å². The van der Waals surface area contributed by atoms with E-state index in [4.69, 9.17) is 16.6 Å². The van der Waals surface area contributed by atoms with Crippen molar-refractivity contribution in [3.63, 3.8) is 0 Å². The molecule has 0 bridgehead atoms. The monoisotopic (exact) mass is 411 g/mol. The van der Waals surface area contributed by atoms with Crippen LogP contribution in [0.1, 0.15) is 56.2 Å². The van der Waals surface area contributed by atoms with Crippen LogP contribution < -0.4 is 0 Å². The highest BCUT2D eigenvalue weighted by atomic mass is 35.5. The van der Waals surface area contributed by atoms with Crippen LogP contribution in [-0.2, 0) is 13.1 Å². The lowest BCUT2D eigenvalue weighted by atomic mass is 10.1. The molecule has 29 heavy (non-hydrogen) atoms. The number of amides is 1. The first-order valence-corrected chi connectivity index (χ1v) is 10.9. The Morgan fingerprint density at radius 2 is 1.97 bits per heavy atom. The highest BCUT2D eigenvalue weighted by Crippen LogP contribution is 2.21. The molecule has 1 amide bonds. The Hall–Kier alpha value is -2.33. The molecule has 1 aromatic heterocycles. The van der Waals surface area contributed by atoms with Gasteiger partial charge in [0.2, 0.25) is 0 Å². The molecule has 3 rings (SSSR count). The van der Waals surface area contributed by atoms with E-state index in [-0.39, 0.29) is 5.91 Å². The SMILES string of the molecule is CCCCn1c(CN(CCC(C)C)C(=O)c2cccc(Cl)c2)nc2ccccc21. The molecule has 4 nitrogen and oxygen atoms in total. The molecule has 2 aromatic carbocycles. The van der Waals surface area contributed by atoms with Crippen molar-refractivity contribution in [2.24, 2.45) is 5.92 Å². The summed E-state index contributed by atoms with van der Waals surface area (Å²) in [5, 5.41) is 0.579. The number of imidazole rings is 1. The number of nitrogens with zero attached hydrogens (tertiary/aromatic N) is 3. The number of hydrogen-bond acceptors (Lipinski definition) is 2. The van der Waals surface area contributed by atoms with Crippen molar-refractivity contribution in [1.82, 2.24) is 14.5 Å². The molecule has 0 fully saturated rings. The number of para-hydroxylation sites is 2. The molecule has 0 N–H and O–H groups in total. The molecule has 0 atom stereocenters. The fourth-order valence-corrected chi connectivity index (χ4v) is 3.64. The number of carbonyl (C=O) groups is 1. The van der Waals surface area contributed by atoms with Gasteiger partial charge in [-0.2, -0.15) is 0 Å². The molecule has 0 aliphatic heterocycles. The van der Waals surface area contributed by atoms with Gasteiger partial charge in [0.15, 0.2) is 0 Å². The molecule has 0 aliphatic carbocycles. The van der Waals surface area contributed by atoms with E-state index in [1.165, 1.54) is 0 Å². The molecule has 0 spiro atoms. The summed E-state index contributed by atoms with van der Waals surface area (Å²) in [6, 6.07) is 15.4. The Bertz CT molecular complexity index is 964. The van der Waals surface area contributed by atoms with Crippen molar-refractivity contribution in [3.8, 4) is 0 Å². The van der Waals surface area contributed by atoms with E-state index in [1.807, 2.05) is 35.2 Å². The normalized spacial score (nSPS) is 11.3. The topological polar surface area (TPSA) is 38.1 Å². The smallest absolute Gasteiger partial charge is 0.254 e. The fourth-order valence-electron chi connectivity index (χ4n) is 3.45. The number of carbonyl (C=O) groups excluding carboxylic acids is 1. The van der Waals surface area contributed by atoms with Crippen LogP contribution in [0.4, 0.5) is 0 Å².